The Morgan fingerprint density at radius 2 is 1.88 bits per heavy atom. The number of primary amides is 1. The molecule has 0 bridgehead atoms. The Morgan fingerprint density at radius 3 is 2.41 bits per heavy atom. The molecule has 90 valence electrons. The van der Waals surface area contributed by atoms with Crippen LogP contribution in [0.15, 0.2) is 24.3 Å². The first-order valence-corrected chi connectivity index (χ1v) is 6.61. The van der Waals surface area contributed by atoms with Crippen LogP contribution in [0.25, 0.3) is 0 Å². The Bertz CT molecular complexity index is 425. The lowest BCUT2D eigenvalue weighted by molar-refractivity contribution is 0.0939. The molecular weight excluding hydrogens is 236 g/mol. The number of benzene rings is 1. The number of nitrogens with two attached hydrogens (primary N) is 1. The molecule has 1 aromatic carbocycles. The van der Waals surface area contributed by atoms with Crippen LogP contribution in [0.4, 0.5) is 0 Å². The molecule has 1 aliphatic heterocycles. The second-order valence-corrected chi connectivity index (χ2v) is 5.13. The molecule has 1 aromatic rings. The molecule has 0 aliphatic carbocycles. The van der Waals surface area contributed by atoms with E-state index in [-0.39, 0.29) is 11.9 Å². The van der Waals surface area contributed by atoms with E-state index in [1.807, 2.05) is 11.8 Å². The van der Waals surface area contributed by atoms with Crippen molar-refractivity contribution < 1.29 is 9.59 Å². The van der Waals surface area contributed by atoms with Gasteiger partial charge < -0.3 is 11.1 Å². The highest BCUT2D eigenvalue weighted by Gasteiger charge is 2.18. The molecule has 1 fully saturated rings. The molecule has 0 radical (unpaired) electrons. The molecule has 1 unspecified atom stereocenters. The van der Waals surface area contributed by atoms with Crippen molar-refractivity contribution in [3.05, 3.63) is 35.4 Å². The maximum atomic E-state index is 11.8. The van der Waals surface area contributed by atoms with E-state index >= 15 is 0 Å². The topological polar surface area (TPSA) is 72.2 Å². The highest BCUT2D eigenvalue weighted by Crippen LogP contribution is 2.17. The first-order chi connectivity index (χ1) is 8.16. The fourth-order valence-electron chi connectivity index (χ4n) is 1.70. The average Bonchev–Trinajstić information content (AvgIpc) is 2.82. The first-order valence-electron chi connectivity index (χ1n) is 5.45. The zero-order valence-electron chi connectivity index (χ0n) is 9.31. The number of hydrogen-bond donors (Lipinski definition) is 2. The van der Waals surface area contributed by atoms with Crippen molar-refractivity contribution in [2.75, 3.05) is 11.5 Å². The van der Waals surface area contributed by atoms with Gasteiger partial charge in [0.25, 0.3) is 5.91 Å². The summed E-state index contributed by atoms with van der Waals surface area (Å²) in [5.41, 5.74) is 6.11. The van der Waals surface area contributed by atoms with Crippen LogP contribution in [0.2, 0.25) is 0 Å². The van der Waals surface area contributed by atoms with E-state index in [0.29, 0.717) is 11.1 Å². The van der Waals surface area contributed by atoms with Gasteiger partial charge in [-0.05, 0) is 36.4 Å². The second-order valence-electron chi connectivity index (χ2n) is 3.98. The molecular formula is C12H14N2O2S. The van der Waals surface area contributed by atoms with Gasteiger partial charge in [0.1, 0.15) is 0 Å². The molecule has 4 nitrogen and oxygen atoms in total. The Balaban J connectivity index is 2.01. The Morgan fingerprint density at radius 1 is 1.24 bits per heavy atom. The van der Waals surface area contributed by atoms with Crippen LogP contribution < -0.4 is 11.1 Å². The Labute approximate surface area is 104 Å². The summed E-state index contributed by atoms with van der Waals surface area (Å²) in [4.78, 5) is 22.7. The van der Waals surface area contributed by atoms with Gasteiger partial charge in [-0.15, -0.1) is 0 Å². The molecule has 1 saturated heterocycles. The standard InChI is InChI=1S/C12H14N2O2S/c13-11(15)8-1-3-9(4-2-8)12(16)14-10-5-6-17-7-10/h1-4,10H,5-7H2,(H2,13,15)(H,14,16). The highest BCUT2D eigenvalue weighted by molar-refractivity contribution is 7.99. The van der Waals surface area contributed by atoms with E-state index in [0.717, 1.165) is 17.9 Å². The van der Waals surface area contributed by atoms with E-state index < -0.39 is 5.91 Å². The molecule has 1 heterocycles. The Kier molecular flexibility index (Phi) is 3.68. The van der Waals surface area contributed by atoms with Crippen LogP contribution in [0.1, 0.15) is 27.1 Å². The molecule has 2 amide bonds. The van der Waals surface area contributed by atoms with Crippen LogP contribution in [-0.4, -0.2) is 29.4 Å². The summed E-state index contributed by atoms with van der Waals surface area (Å²) in [6.45, 7) is 0. The first kappa shape index (κ1) is 12.0. The molecule has 2 rings (SSSR count). The van der Waals surface area contributed by atoms with Gasteiger partial charge >= 0.3 is 0 Å². The largest absolute Gasteiger partial charge is 0.366 e. The highest BCUT2D eigenvalue weighted by atomic mass is 32.2. The fraction of sp³-hybridized carbons (Fsp3) is 0.333. The van der Waals surface area contributed by atoms with Crippen LogP contribution in [0.3, 0.4) is 0 Å². The monoisotopic (exact) mass is 250 g/mol. The summed E-state index contributed by atoms with van der Waals surface area (Å²) >= 11 is 1.85. The summed E-state index contributed by atoms with van der Waals surface area (Å²) in [6.07, 6.45) is 1.02. The van der Waals surface area contributed by atoms with Crippen molar-refractivity contribution in [1.29, 1.82) is 0 Å². The molecule has 0 saturated carbocycles. The minimum atomic E-state index is -0.482. The number of hydrogen-bond acceptors (Lipinski definition) is 3. The van der Waals surface area contributed by atoms with Gasteiger partial charge in [0.2, 0.25) is 5.91 Å². The molecule has 0 spiro atoms. The molecule has 17 heavy (non-hydrogen) atoms. The third-order valence-corrected chi connectivity index (χ3v) is 3.86. The van der Waals surface area contributed by atoms with Gasteiger partial charge in [-0.1, -0.05) is 0 Å². The maximum Gasteiger partial charge on any atom is 0.251 e. The number of rotatable bonds is 3. The van der Waals surface area contributed by atoms with Crippen molar-refractivity contribution >= 4 is 23.6 Å². The van der Waals surface area contributed by atoms with Crippen molar-refractivity contribution in [3.8, 4) is 0 Å². The van der Waals surface area contributed by atoms with Gasteiger partial charge in [-0.25, -0.2) is 0 Å². The van der Waals surface area contributed by atoms with E-state index in [4.69, 9.17) is 5.73 Å². The van der Waals surface area contributed by atoms with E-state index in [2.05, 4.69) is 5.32 Å². The zero-order valence-corrected chi connectivity index (χ0v) is 10.1. The fourth-order valence-corrected chi connectivity index (χ4v) is 2.86. The van der Waals surface area contributed by atoms with Crippen LogP contribution in [0.5, 0.6) is 0 Å². The summed E-state index contributed by atoms with van der Waals surface area (Å²) in [6, 6.07) is 6.65. The molecule has 3 N–H and O–H groups in total. The Hall–Kier alpha value is -1.49. The molecule has 5 heteroatoms. The number of amides is 2. The van der Waals surface area contributed by atoms with Gasteiger partial charge in [0.15, 0.2) is 0 Å². The summed E-state index contributed by atoms with van der Waals surface area (Å²) < 4.78 is 0. The van der Waals surface area contributed by atoms with Gasteiger partial charge in [-0.2, -0.15) is 11.8 Å². The van der Waals surface area contributed by atoms with Crippen molar-refractivity contribution in [2.45, 2.75) is 12.5 Å². The molecule has 1 atom stereocenters. The van der Waals surface area contributed by atoms with Crippen molar-refractivity contribution in [1.82, 2.24) is 5.32 Å². The maximum absolute atomic E-state index is 11.8. The zero-order chi connectivity index (χ0) is 12.3. The number of thioether (sulfide) groups is 1. The van der Waals surface area contributed by atoms with Crippen molar-refractivity contribution in [2.24, 2.45) is 5.73 Å². The normalized spacial score (nSPS) is 18.9. The van der Waals surface area contributed by atoms with Gasteiger partial charge in [0.05, 0.1) is 0 Å². The van der Waals surface area contributed by atoms with E-state index in [9.17, 15) is 9.59 Å². The molecule has 1 aliphatic rings. The smallest absolute Gasteiger partial charge is 0.251 e. The van der Waals surface area contributed by atoms with E-state index in [1.165, 1.54) is 0 Å². The lowest BCUT2D eigenvalue weighted by Gasteiger charge is -2.11. The number of carbonyl (C=O) groups is 2. The number of carbonyl (C=O) groups excluding carboxylic acids is 2. The quantitative estimate of drug-likeness (QED) is 0.841. The third-order valence-electron chi connectivity index (χ3n) is 2.70. The summed E-state index contributed by atoms with van der Waals surface area (Å²) in [5.74, 6) is 1.51. The third kappa shape index (κ3) is 3.00. The van der Waals surface area contributed by atoms with E-state index in [1.54, 1.807) is 24.3 Å². The SMILES string of the molecule is NC(=O)c1ccc(C(=O)NC2CCSC2)cc1. The van der Waals surface area contributed by atoms with Gasteiger partial charge in [-0.3, -0.25) is 9.59 Å². The lowest BCUT2D eigenvalue weighted by atomic mass is 10.1. The van der Waals surface area contributed by atoms with Gasteiger partial charge in [0, 0.05) is 22.9 Å². The predicted molar refractivity (Wildman–Crippen MR) is 68.2 cm³/mol. The van der Waals surface area contributed by atoms with Crippen LogP contribution in [-0.2, 0) is 0 Å². The van der Waals surface area contributed by atoms with Crippen LogP contribution >= 0.6 is 11.8 Å². The average molecular weight is 250 g/mol. The summed E-state index contributed by atoms with van der Waals surface area (Å²) in [5, 5.41) is 2.97. The van der Waals surface area contributed by atoms with Crippen LogP contribution in [0, 0.1) is 0 Å². The minimum absolute atomic E-state index is 0.0893. The number of nitrogens with one attached hydrogen (secondary N) is 1. The molecule has 0 aromatic heterocycles. The predicted octanol–water partition coefficient (Wildman–Crippen LogP) is 1.02. The summed E-state index contributed by atoms with van der Waals surface area (Å²) in [7, 11) is 0. The minimum Gasteiger partial charge on any atom is -0.366 e. The van der Waals surface area contributed by atoms with Crippen molar-refractivity contribution in [3.63, 3.8) is 0 Å². The lowest BCUT2D eigenvalue weighted by Crippen LogP contribution is -2.34. The second kappa shape index (κ2) is 5.23.